The van der Waals surface area contributed by atoms with Gasteiger partial charge in [0.15, 0.2) is 0 Å². The van der Waals surface area contributed by atoms with Crippen molar-refractivity contribution in [3.05, 3.63) is 29.3 Å². The van der Waals surface area contributed by atoms with Gasteiger partial charge in [0.25, 0.3) is 0 Å². The van der Waals surface area contributed by atoms with Gasteiger partial charge in [0.1, 0.15) is 11.6 Å². The van der Waals surface area contributed by atoms with E-state index in [2.05, 4.69) is 0 Å². The van der Waals surface area contributed by atoms with E-state index in [1.54, 1.807) is 0 Å². The quantitative estimate of drug-likeness (QED) is 0.731. The average molecular weight is 227 g/mol. The minimum atomic E-state index is -0.486. The molecule has 2 rings (SSSR count). The fourth-order valence-electron chi connectivity index (χ4n) is 1.82. The Morgan fingerprint density at radius 3 is 2.50 bits per heavy atom. The van der Waals surface area contributed by atoms with Crippen LogP contribution >= 0.6 is 0 Å². The van der Waals surface area contributed by atoms with Crippen molar-refractivity contribution in [2.75, 3.05) is 31.2 Å². The normalized spacial score (nSPS) is 17.3. The van der Waals surface area contributed by atoms with Crippen molar-refractivity contribution in [3.8, 4) is 0 Å². The third-order valence-corrected chi connectivity index (χ3v) is 2.85. The van der Waals surface area contributed by atoms with Crippen molar-refractivity contribution in [2.24, 2.45) is 0 Å². The molecule has 1 aromatic rings. The van der Waals surface area contributed by atoms with Crippen LogP contribution in [0.1, 0.15) is 12.0 Å². The van der Waals surface area contributed by atoms with E-state index in [-0.39, 0.29) is 5.56 Å². The summed E-state index contributed by atoms with van der Waals surface area (Å²) in [6.45, 7) is 4.23. The minimum absolute atomic E-state index is 0.0785. The summed E-state index contributed by atoms with van der Waals surface area (Å²) in [7, 11) is 0. The van der Waals surface area contributed by atoms with Crippen LogP contribution in [0, 0.1) is 18.6 Å². The predicted molar refractivity (Wildman–Crippen MR) is 58.7 cm³/mol. The first-order valence-corrected chi connectivity index (χ1v) is 5.47. The van der Waals surface area contributed by atoms with Gasteiger partial charge in [-0.2, -0.15) is 0 Å². The Hall–Kier alpha value is -1.16. The second-order valence-corrected chi connectivity index (χ2v) is 3.99. The Morgan fingerprint density at radius 1 is 1.12 bits per heavy atom. The molecule has 0 spiro atoms. The van der Waals surface area contributed by atoms with Gasteiger partial charge in [-0.15, -0.1) is 0 Å². The Labute approximate surface area is 93.8 Å². The summed E-state index contributed by atoms with van der Waals surface area (Å²) < 4.78 is 32.1. The Kier molecular flexibility index (Phi) is 3.39. The van der Waals surface area contributed by atoms with E-state index in [0.717, 1.165) is 13.0 Å². The number of ether oxygens (including phenoxy) is 1. The van der Waals surface area contributed by atoms with Crippen LogP contribution in [-0.2, 0) is 4.74 Å². The van der Waals surface area contributed by atoms with Crippen LogP contribution < -0.4 is 4.90 Å². The molecule has 1 aromatic carbocycles. The van der Waals surface area contributed by atoms with Gasteiger partial charge >= 0.3 is 0 Å². The summed E-state index contributed by atoms with van der Waals surface area (Å²) in [6, 6.07) is 2.79. The SMILES string of the molecule is Cc1c(F)cc(N2CCCOCC2)cc1F. The first-order chi connectivity index (χ1) is 7.68. The summed E-state index contributed by atoms with van der Waals surface area (Å²) in [4.78, 5) is 1.96. The molecule has 0 unspecified atom stereocenters. The van der Waals surface area contributed by atoms with Gasteiger partial charge in [0.05, 0.1) is 6.61 Å². The number of nitrogens with zero attached hydrogens (tertiary/aromatic N) is 1. The van der Waals surface area contributed by atoms with Gasteiger partial charge < -0.3 is 9.64 Å². The van der Waals surface area contributed by atoms with Gasteiger partial charge in [0, 0.05) is 30.9 Å². The summed E-state index contributed by atoms with van der Waals surface area (Å²) >= 11 is 0. The highest BCUT2D eigenvalue weighted by atomic mass is 19.1. The van der Waals surface area contributed by atoms with Crippen LogP contribution in [0.5, 0.6) is 0 Å². The molecule has 0 atom stereocenters. The number of anilines is 1. The molecule has 0 N–H and O–H groups in total. The maximum Gasteiger partial charge on any atom is 0.131 e. The summed E-state index contributed by atoms with van der Waals surface area (Å²) in [5.74, 6) is -0.972. The van der Waals surface area contributed by atoms with Gasteiger partial charge in [-0.1, -0.05) is 0 Å². The van der Waals surface area contributed by atoms with Crippen LogP contribution in [0.2, 0.25) is 0 Å². The molecule has 0 bridgehead atoms. The van der Waals surface area contributed by atoms with Crippen LogP contribution in [0.25, 0.3) is 0 Å². The van der Waals surface area contributed by atoms with Gasteiger partial charge in [0.2, 0.25) is 0 Å². The largest absolute Gasteiger partial charge is 0.380 e. The maximum atomic E-state index is 13.4. The maximum absolute atomic E-state index is 13.4. The second kappa shape index (κ2) is 4.78. The standard InChI is InChI=1S/C12H15F2NO/c1-9-11(13)7-10(8-12(9)14)15-3-2-5-16-6-4-15/h7-8H,2-6H2,1H3. The van der Waals surface area contributed by atoms with Crippen LogP contribution in [0.3, 0.4) is 0 Å². The Morgan fingerprint density at radius 2 is 1.81 bits per heavy atom. The zero-order valence-electron chi connectivity index (χ0n) is 9.30. The molecule has 0 radical (unpaired) electrons. The van der Waals surface area contributed by atoms with E-state index in [9.17, 15) is 8.78 Å². The minimum Gasteiger partial charge on any atom is -0.380 e. The molecule has 0 aliphatic carbocycles. The highest BCUT2D eigenvalue weighted by Gasteiger charge is 2.14. The number of rotatable bonds is 1. The van der Waals surface area contributed by atoms with Crippen molar-refractivity contribution in [1.29, 1.82) is 0 Å². The van der Waals surface area contributed by atoms with Gasteiger partial charge in [-0.05, 0) is 25.5 Å². The first kappa shape index (κ1) is 11.3. The molecule has 1 heterocycles. The topological polar surface area (TPSA) is 12.5 Å². The molecule has 16 heavy (non-hydrogen) atoms. The molecular weight excluding hydrogens is 212 g/mol. The fraction of sp³-hybridized carbons (Fsp3) is 0.500. The lowest BCUT2D eigenvalue weighted by atomic mass is 10.2. The Balaban J connectivity index is 2.25. The summed E-state index contributed by atoms with van der Waals surface area (Å²) in [6.07, 6.45) is 0.886. The van der Waals surface area contributed by atoms with Gasteiger partial charge in [-0.25, -0.2) is 8.78 Å². The third-order valence-electron chi connectivity index (χ3n) is 2.85. The molecule has 88 valence electrons. The Bertz CT molecular complexity index is 350. The molecule has 1 fully saturated rings. The molecule has 1 aliphatic rings. The van der Waals surface area contributed by atoms with Crippen molar-refractivity contribution >= 4 is 5.69 Å². The number of hydrogen-bond acceptors (Lipinski definition) is 2. The molecule has 0 amide bonds. The summed E-state index contributed by atoms with van der Waals surface area (Å²) in [5, 5.41) is 0. The third kappa shape index (κ3) is 2.32. The second-order valence-electron chi connectivity index (χ2n) is 3.99. The lowest BCUT2D eigenvalue weighted by molar-refractivity contribution is 0.152. The number of halogens is 2. The number of benzene rings is 1. The lowest BCUT2D eigenvalue weighted by Gasteiger charge is -2.22. The van der Waals surface area contributed by atoms with E-state index in [4.69, 9.17) is 4.74 Å². The monoisotopic (exact) mass is 227 g/mol. The van der Waals surface area contributed by atoms with Crippen LogP contribution in [-0.4, -0.2) is 26.3 Å². The van der Waals surface area contributed by atoms with Crippen molar-refractivity contribution in [2.45, 2.75) is 13.3 Å². The van der Waals surface area contributed by atoms with Crippen molar-refractivity contribution in [1.82, 2.24) is 0 Å². The summed E-state index contributed by atoms with van der Waals surface area (Å²) in [5.41, 5.74) is 0.681. The van der Waals surface area contributed by atoms with E-state index < -0.39 is 11.6 Å². The van der Waals surface area contributed by atoms with Crippen molar-refractivity contribution < 1.29 is 13.5 Å². The average Bonchev–Trinajstić information content (AvgIpc) is 2.53. The molecular formula is C12H15F2NO. The molecule has 4 heteroatoms. The lowest BCUT2D eigenvalue weighted by Crippen LogP contribution is -2.26. The zero-order chi connectivity index (χ0) is 11.5. The van der Waals surface area contributed by atoms with E-state index in [1.165, 1.54) is 19.1 Å². The smallest absolute Gasteiger partial charge is 0.131 e. The van der Waals surface area contributed by atoms with Crippen LogP contribution in [0.15, 0.2) is 12.1 Å². The van der Waals surface area contributed by atoms with Crippen molar-refractivity contribution in [3.63, 3.8) is 0 Å². The van der Waals surface area contributed by atoms with E-state index in [0.29, 0.717) is 25.4 Å². The first-order valence-electron chi connectivity index (χ1n) is 5.47. The van der Waals surface area contributed by atoms with E-state index >= 15 is 0 Å². The van der Waals surface area contributed by atoms with E-state index in [1.807, 2.05) is 4.90 Å². The predicted octanol–water partition coefficient (Wildman–Crippen LogP) is 2.50. The zero-order valence-corrected chi connectivity index (χ0v) is 9.30. The highest BCUT2D eigenvalue weighted by Crippen LogP contribution is 2.22. The molecule has 0 saturated carbocycles. The number of hydrogen-bond donors (Lipinski definition) is 0. The molecule has 2 nitrogen and oxygen atoms in total. The molecule has 1 saturated heterocycles. The van der Waals surface area contributed by atoms with Crippen LogP contribution in [0.4, 0.5) is 14.5 Å². The molecule has 1 aliphatic heterocycles. The highest BCUT2D eigenvalue weighted by molar-refractivity contribution is 5.48. The molecule has 0 aromatic heterocycles. The fourth-order valence-corrected chi connectivity index (χ4v) is 1.82. The van der Waals surface area contributed by atoms with Gasteiger partial charge in [-0.3, -0.25) is 0 Å².